The zero-order chi connectivity index (χ0) is 19.6. The largest absolute Gasteiger partial charge is 0.404 e. The van der Waals surface area contributed by atoms with Crippen molar-refractivity contribution in [1.29, 1.82) is 5.41 Å². The van der Waals surface area contributed by atoms with Gasteiger partial charge in [-0.2, -0.15) is 0 Å². The molecule has 0 aromatic carbocycles. The van der Waals surface area contributed by atoms with Crippen LogP contribution < -0.4 is 5.73 Å². The molecule has 0 unspecified atom stereocenters. The average Bonchev–Trinajstić information content (AvgIpc) is 3.04. The lowest BCUT2D eigenvalue weighted by Crippen LogP contribution is -2.44. The molecule has 0 atom stereocenters. The van der Waals surface area contributed by atoms with Gasteiger partial charge in [-0.25, -0.2) is 4.98 Å². The summed E-state index contributed by atoms with van der Waals surface area (Å²) in [5, 5.41) is 7.42. The highest BCUT2D eigenvalue weighted by atomic mass is 16.2. The van der Waals surface area contributed by atoms with Crippen molar-refractivity contribution < 1.29 is 4.79 Å². The minimum atomic E-state index is -0.305. The van der Waals surface area contributed by atoms with Gasteiger partial charge in [0.05, 0.1) is 16.7 Å². The predicted molar refractivity (Wildman–Crippen MR) is 109 cm³/mol. The van der Waals surface area contributed by atoms with Crippen LogP contribution in [-0.2, 0) is 11.3 Å². The van der Waals surface area contributed by atoms with Crippen LogP contribution in [0.15, 0.2) is 30.6 Å². The number of carbonyl (C=O) groups excluding carboxylic acids is 1. The third kappa shape index (κ3) is 4.04. The summed E-state index contributed by atoms with van der Waals surface area (Å²) in [7, 11) is 0. The monoisotopic (exact) mass is 367 g/mol. The Labute approximate surface area is 160 Å². The Morgan fingerprint density at radius 1 is 1.30 bits per heavy atom. The van der Waals surface area contributed by atoms with Crippen LogP contribution in [0.4, 0.5) is 0 Å². The fraction of sp³-hybridized carbons (Fsp3) is 0.476. The van der Waals surface area contributed by atoms with Crippen molar-refractivity contribution in [1.82, 2.24) is 14.5 Å². The van der Waals surface area contributed by atoms with Gasteiger partial charge in [-0.15, -0.1) is 0 Å². The lowest BCUT2D eigenvalue weighted by Gasteiger charge is -2.36. The standard InChI is InChI=1S/C21H29N5O/c1-21(2,3)20(27)25-9-6-15(7-10-25)14-26-11-8-18-19(26)5-4-17(24-18)16(12-22)13-23/h4-5,8,11-13,15,22H,6-7,9-10,14,23H2,1-3H3/b16-13+,22-12?. The molecule has 0 aliphatic carbocycles. The Bertz CT molecular complexity index is 866. The highest BCUT2D eigenvalue weighted by Crippen LogP contribution is 2.26. The number of pyridine rings is 1. The summed E-state index contributed by atoms with van der Waals surface area (Å²) >= 11 is 0. The van der Waals surface area contributed by atoms with Crippen LogP contribution in [0.2, 0.25) is 0 Å². The summed E-state index contributed by atoms with van der Waals surface area (Å²) in [6.07, 6.45) is 6.76. The van der Waals surface area contributed by atoms with Crippen LogP contribution in [-0.4, -0.2) is 39.7 Å². The Kier molecular flexibility index (Phi) is 5.35. The molecule has 3 N–H and O–H groups in total. The minimum Gasteiger partial charge on any atom is -0.404 e. The molecule has 3 rings (SSSR count). The van der Waals surface area contributed by atoms with Gasteiger partial charge in [-0.1, -0.05) is 20.8 Å². The first-order valence-electron chi connectivity index (χ1n) is 9.51. The molecule has 144 valence electrons. The van der Waals surface area contributed by atoms with Crippen LogP contribution in [0.25, 0.3) is 16.6 Å². The number of aromatic nitrogens is 2. The molecule has 2 aromatic heterocycles. The molecular formula is C21H29N5O. The Morgan fingerprint density at radius 3 is 2.59 bits per heavy atom. The molecule has 0 bridgehead atoms. The molecule has 0 spiro atoms. The lowest BCUT2D eigenvalue weighted by molar-refractivity contribution is -0.140. The molecular weight excluding hydrogens is 338 g/mol. The first-order chi connectivity index (χ1) is 12.8. The molecule has 1 amide bonds. The molecule has 1 aliphatic rings. The Hall–Kier alpha value is -2.63. The van der Waals surface area contributed by atoms with Crippen LogP contribution in [0, 0.1) is 16.7 Å². The number of piperidine rings is 1. The molecule has 2 aromatic rings. The summed E-state index contributed by atoms with van der Waals surface area (Å²) in [6, 6.07) is 5.96. The lowest BCUT2D eigenvalue weighted by atomic mass is 9.91. The highest BCUT2D eigenvalue weighted by Gasteiger charge is 2.30. The quantitative estimate of drug-likeness (QED) is 0.813. The van der Waals surface area contributed by atoms with E-state index in [0.29, 0.717) is 17.2 Å². The number of likely N-dealkylation sites (tertiary alicyclic amines) is 1. The van der Waals surface area contributed by atoms with Gasteiger partial charge in [0.15, 0.2) is 0 Å². The van der Waals surface area contributed by atoms with E-state index in [0.717, 1.165) is 43.5 Å². The number of carbonyl (C=O) groups is 1. The molecule has 1 aliphatic heterocycles. The smallest absolute Gasteiger partial charge is 0.227 e. The zero-order valence-corrected chi connectivity index (χ0v) is 16.4. The van der Waals surface area contributed by atoms with Crippen LogP contribution in [0.5, 0.6) is 0 Å². The van der Waals surface area contributed by atoms with Gasteiger partial charge < -0.3 is 20.6 Å². The van der Waals surface area contributed by atoms with Crippen LogP contribution in [0.3, 0.4) is 0 Å². The molecule has 27 heavy (non-hydrogen) atoms. The fourth-order valence-corrected chi connectivity index (χ4v) is 3.67. The van der Waals surface area contributed by atoms with Crippen molar-refractivity contribution in [2.75, 3.05) is 13.1 Å². The van der Waals surface area contributed by atoms with Gasteiger partial charge in [0, 0.05) is 49.2 Å². The van der Waals surface area contributed by atoms with E-state index >= 15 is 0 Å². The van der Waals surface area contributed by atoms with E-state index in [-0.39, 0.29) is 11.3 Å². The molecule has 1 fully saturated rings. The highest BCUT2D eigenvalue weighted by molar-refractivity contribution is 6.07. The number of nitrogens with zero attached hydrogens (tertiary/aromatic N) is 3. The van der Waals surface area contributed by atoms with E-state index in [2.05, 4.69) is 15.7 Å². The van der Waals surface area contributed by atoms with Gasteiger partial charge in [0.25, 0.3) is 0 Å². The third-order valence-electron chi connectivity index (χ3n) is 5.25. The number of hydrogen-bond donors (Lipinski definition) is 2. The Morgan fingerprint density at radius 2 is 2.00 bits per heavy atom. The average molecular weight is 367 g/mol. The molecule has 6 heteroatoms. The van der Waals surface area contributed by atoms with E-state index in [1.165, 1.54) is 12.4 Å². The number of hydrogen-bond acceptors (Lipinski definition) is 4. The van der Waals surface area contributed by atoms with Crippen molar-refractivity contribution in [2.45, 2.75) is 40.2 Å². The second-order valence-electron chi connectivity index (χ2n) is 8.32. The first-order valence-corrected chi connectivity index (χ1v) is 9.51. The number of amides is 1. The normalized spacial score (nSPS) is 16.7. The van der Waals surface area contributed by atoms with Crippen molar-refractivity contribution in [3.8, 4) is 0 Å². The molecule has 0 radical (unpaired) electrons. The predicted octanol–water partition coefficient (Wildman–Crippen LogP) is 3.27. The molecule has 6 nitrogen and oxygen atoms in total. The van der Waals surface area contributed by atoms with Crippen molar-refractivity contribution in [3.63, 3.8) is 0 Å². The maximum atomic E-state index is 12.4. The topological polar surface area (TPSA) is 88.0 Å². The van der Waals surface area contributed by atoms with E-state index in [9.17, 15) is 4.79 Å². The number of nitrogens with two attached hydrogens (primary N) is 1. The van der Waals surface area contributed by atoms with E-state index in [4.69, 9.17) is 11.1 Å². The molecule has 3 heterocycles. The van der Waals surface area contributed by atoms with Gasteiger partial charge >= 0.3 is 0 Å². The molecule has 1 saturated heterocycles. The number of allylic oxidation sites excluding steroid dienone is 1. The van der Waals surface area contributed by atoms with Gasteiger partial charge in [0.1, 0.15) is 0 Å². The maximum Gasteiger partial charge on any atom is 0.227 e. The van der Waals surface area contributed by atoms with Gasteiger partial charge in [-0.05, 0) is 37.0 Å². The third-order valence-corrected chi connectivity index (χ3v) is 5.25. The number of rotatable bonds is 4. The van der Waals surface area contributed by atoms with Crippen molar-refractivity contribution >= 4 is 28.7 Å². The van der Waals surface area contributed by atoms with Crippen LogP contribution >= 0.6 is 0 Å². The van der Waals surface area contributed by atoms with Gasteiger partial charge in [-0.3, -0.25) is 4.79 Å². The summed E-state index contributed by atoms with van der Waals surface area (Å²) in [6.45, 7) is 8.57. The van der Waals surface area contributed by atoms with E-state index in [1.807, 2.05) is 43.9 Å². The van der Waals surface area contributed by atoms with Crippen molar-refractivity contribution in [2.24, 2.45) is 17.1 Å². The summed E-state index contributed by atoms with van der Waals surface area (Å²) in [4.78, 5) is 19.1. The SMILES string of the molecule is CC(C)(C)C(=O)N1CCC(Cn2ccc3nc(/C(C=N)=C/N)ccc32)CC1. The van der Waals surface area contributed by atoms with E-state index in [1.54, 1.807) is 0 Å². The fourth-order valence-electron chi connectivity index (χ4n) is 3.67. The van der Waals surface area contributed by atoms with Crippen molar-refractivity contribution in [3.05, 3.63) is 36.3 Å². The second-order valence-corrected chi connectivity index (χ2v) is 8.32. The summed E-state index contributed by atoms with van der Waals surface area (Å²) < 4.78 is 2.24. The zero-order valence-electron chi connectivity index (χ0n) is 16.4. The number of nitrogens with one attached hydrogen (secondary N) is 1. The van der Waals surface area contributed by atoms with Gasteiger partial charge in [0.2, 0.25) is 5.91 Å². The second kappa shape index (κ2) is 7.55. The summed E-state index contributed by atoms with van der Waals surface area (Å²) in [5.74, 6) is 0.810. The molecule has 0 saturated carbocycles. The van der Waals surface area contributed by atoms with E-state index < -0.39 is 0 Å². The summed E-state index contributed by atoms with van der Waals surface area (Å²) in [5.41, 5.74) is 8.58. The maximum absolute atomic E-state index is 12.4. The minimum absolute atomic E-state index is 0.249. The number of fused-ring (bicyclic) bond motifs is 1. The van der Waals surface area contributed by atoms with Crippen LogP contribution in [0.1, 0.15) is 39.3 Å². The first kappa shape index (κ1) is 19.1. The Balaban J connectivity index is 1.68.